The van der Waals surface area contributed by atoms with Gasteiger partial charge in [-0.1, -0.05) is 72.8 Å². The molecule has 4 rings (SSSR count). The molecule has 0 atom stereocenters. The topological polar surface area (TPSA) is 60.2 Å². The zero-order valence-corrected chi connectivity index (χ0v) is 16.7. The second-order valence-corrected chi connectivity index (χ2v) is 7.39. The molecule has 0 fully saturated rings. The van der Waals surface area contributed by atoms with Crippen LogP contribution >= 0.6 is 0 Å². The maximum atomic E-state index is 12.2. The maximum Gasteiger partial charge on any atom is 0.249 e. The zero-order valence-electron chi connectivity index (χ0n) is 16.7. The number of hydrogen-bond acceptors (Lipinski definition) is 2. The van der Waals surface area contributed by atoms with Crippen LogP contribution in [-0.2, 0) is 11.2 Å². The van der Waals surface area contributed by atoms with Crippen LogP contribution in [0.15, 0.2) is 78.9 Å². The van der Waals surface area contributed by atoms with Crippen molar-refractivity contribution in [1.82, 2.24) is 0 Å². The number of fused-ring (bicyclic) bond motifs is 1. The second kappa shape index (κ2) is 8.75. The second-order valence-electron chi connectivity index (χ2n) is 7.39. The van der Waals surface area contributed by atoms with E-state index in [4.69, 9.17) is 5.73 Å². The third kappa shape index (κ3) is 3.87. The molecule has 0 saturated heterocycles. The zero-order chi connectivity index (χ0) is 20.9. The first-order valence-corrected chi connectivity index (χ1v) is 10.1. The van der Waals surface area contributed by atoms with Gasteiger partial charge in [0.1, 0.15) is 6.29 Å². The molecule has 3 aromatic carbocycles. The molecule has 1 amide bonds. The van der Waals surface area contributed by atoms with E-state index in [-0.39, 0.29) is 0 Å². The first-order valence-electron chi connectivity index (χ1n) is 10.1. The average Bonchev–Trinajstić information content (AvgIpc) is 2.98. The Bertz CT molecular complexity index is 1160. The van der Waals surface area contributed by atoms with Gasteiger partial charge in [-0.2, -0.15) is 0 Å². The number of primary amides is 1. The van der Waals surface area contributed by atoms with Crippen molar-refractivity contribution in [1.29, 1.82) is 0 Å². The Hall–Kier alpha value is -3.72. The number of rotatable bonds is 5. The molecule has 0 aromatic heterocycles. The summed E-state index contributed by atoms with van der Waals surface area (Å²) in [5.74, 6) is -0.508. The van der Waals surface area contributed by atoms with E-state index in [1.807, 2.05) is 24.3 Å². The Kier molecular flexibility index (Phi) is 5.71. The summed E-state index contributed by atoms with van der Waals surface area (Å²) in [5.41, 5.74) is 13.8. The van der Waals surface area contributed by atoms with Gasteiger partial charge in [-0.15, -0.1) is 0 Å². The van der Waals surface area contributed by atoms with Crippen LogP contribution < -0.4 is 5.73 Å². The lowest BCUT2D eigenvalue weighted by atomic mass is 9.86. The minimum Gasteiger partial charge on any atom is -0.366 e. The van der Waals surface area contributed by atoms with Crippen molar-refractivity contribution in [3.8, 4) is 0 Å². The van der Waals surface area contributed by atoms with Crippen molar-refractivity contribution in [2.75, 3.05) is 0 Å². The van der Waals surface area contributed by atoms with Crippen LogP contribution in [0.5, 0.6) is 0 Å². The van der Waals surface area contributed by atoms with E-state index in [9.17, 15) is 9.59 Å². The predicted molar refractivity (Wildman–Crippen MR) is 122 cm³/mol. The molecule has 0 heterocycles. The molecule has 0 aliphatic heterocycles. The van der Waals surface area contributed by atoms with Gasteiger partial charge in [0.15, 0.2) is 0 Å². The van der Waals surface area contributed by atoms with Crippen molar-refractivity contribution in [2.24, 2.45) is 5.73 Å². The lowest BCUT2D eigenvalue weighted by molar-refractivity contribution is -0.104. The third-order valence-corrected chi connectivity index (χ3v) is 5.55. The van der Waals surface area contributed by atoms with Gasteiger partial charge >= 0.3 is 0 Å². The van der Waals surface area contributed by atoms with Crippen molar-refractivity contribution in [3.63, 3.8) is 0 Å². The van der Waals surface area contributed by atoms with Gasteiger partial charge in [0.05, 0.1) is 0 Å². The summed E-state index contributed by atoms with van der Waals surface area (Å²) >= 11 is 0. The smallest absolute Gasteiger partial charge is 0.249 e. The molecule has 1 aliphatic carbocycles. The Morgan fingerprint density at radius 2 is 1.63 bits per heavy atom. The number of carbonyl (C=O) groups excluding carboxylic acids is 2. The predicted octanol–water partition coefficient (Wildman–Crippen LogP) is 5.29. The first kappa shape index (κ1) is 19.6. The highest BCUT2D eigenvalue weighted by Crippen LogP contribution is 2.40. The van der Waals surface area contributed by atoms with E-state index in [0.29, 0.717) is 17.4 Å². The van der Waals surface area contributed by atoms with Crippen molar-refractivity contribution < 1.29 is 9.59 Å². The van der Waals surface area contributed by atoms with E-state index in [1.165, 1.54) is 28.3 Å². The van der Waals surface area contributed by atoms with Gasteiger partial charge in [-0.3, -0.25) is 9.59 Å². The average molecular weight is 393 g/mol. The van der Waals surface area contributed by atoms with Crippen LogP contribution in [0.2, 0.25) is 0 Å². The third-order valence-electron chi connectivity index (χ3n) is 5.55. The molecule has 0 spiro atoms. The molecule has 1 aliphatic rings. The Labute approximate surface area is 176 Å². The Morgan fingerprint density at radius 1 is 0.867 bits per heavy atom. The monoisotopic (exact) mass is 393 g/mol. The molecule has 30 heavy (non-hydrogen) atoms. The highest BCUT2D eigenvalue weighted by Gasteiger charge is 2.21. The molecule has 2 N–H and O–H groups in total. The highest BCUT2D eigenvalue weighted by molar-refractivity contribution is 6.03. The standard InChI is InChI=1S/C27H23NO2/c28-27(30)25-18-22(16-15-21(25)12-7-17-29)26-23-13-5-4-10-20(23)11-6-14-24(26)19-8-2-1-3-9-19/h1-5,7-10,12-13,15-18H,6,11,14H2,(H2,28,30). The number of nitrogens with two attached hydrogens (primary N) is 1. The fraction of sp³-hybridized carbons (Fsp3) is 0.111. The number of carbonyl (C=O) groups is 2. The van der Waals surface area contributed by atoms with Gasteiger partial charge in [0, 0.05) is 5.56 Å². The van der Waals surface area contributed by atoms with E-state index >= 15 is 0 Å². The summed E-state index contributed by atoms with van der Waals surface area (Å²) in [7, 11) is 0. The Balaban J connectivity index is 2.00. The lowest BCUT2D eigenvalue weighted by Gasteiger charge is -2.17. The van der Waals surface area contributed by atoms with Crippen LogP contribution in [0.4, 0.5) is 0 Å². The summed E-state index contributed by atoms with van der Waals surface area (Å²) in [5, 5.41) is 0. The number of benzene rings is 3. The summed E-state index contributed by atoms with van der Waals surface area (Å²) in [6, 6.07) is 24.6. The van der Waals surface area contributed by atoms with Gasteiger partial charge in [-0.05, 0) is 70.4 Å². The lowest BCUT2D eigenvalue weighted by Crippen LogP contribution is -2.13. The summed E-state index contributed by atoms with van der Waals surface area (Å²) in [4.78, 5) is 22.9. The van der Waals surface area contributed by atoms with Gasteiger partial charge in [0.25, 0.3) is 0 Å². The van der Waals surface area contributed by atoms with Crippen molar-refractivity contribution in [3.05, 3.63) is 112 Å². The van der Waals surface area contributed by atoms with E-state index < -0.39 is 5.91 Å². The quantitative estimate of drug-likeness (QED) is 0.473. The van der Waals surface area contributed by atoms with Crippen molar-refractivity contribution >= 4 is 29.4 Å². The summed E-state index contributed by atoms with van der Waals surface area (Å²) in [6.45, 7) is 0. The number of aryl methyl sites for hydroxylation is 1. The highest BCUT2D eigenvalue weighted by atomic mass is 16.1. The Morgan fingerprint density at radius 3 is 2.40 bits per heavy atom. The van der Waals surface area contributed by atoms with Gasteiger partial charge in [-0.25, -0.2) is 0 Å². The minimum absolute atomic E-state index is 0.409. The largest absolute Gasteiger partial charge is 0.366 e. The molecular formula is C27H23NO2. The van der Waals surface area contributed by atoms with Crippen LogP contribution in [0.25, 0.3) is 17.2 Å². The number of aldehydes is 1. The van der Waals surface area contributed by atoms with E-state index in [0.717, 1.165) is 30.4 Å². The summed E-state index contributed by atoms with van der Waals surface area (Å²) < 4.78 is 0. The molecule has 0 saturated carbocycles. The molecule has 0 bridgehead atoms. The minimum atomic E-state index is -0.508. The molecular weight excluding hydrogens is 370 g/mol. The SMILES string of the molecule is NC(=O)c1cc(C2=C(c3ccccc3)CCCc3ccccc32)ccc1C=CC=O. The number of hydrogen-bond donors (Lipinski definition) is 1. The fourth-order valence-corrected chi connectivity index (χ4v) is 4.20. The van der Waals surface area contributed by atoms with Crippen LogP contribution in [0.1, 0.15) is 51.0 Å². The summed E-state index contributed by atoms with van der Waals surface area (Å²) in [6.07, 6.45) is 6.71. The van der Waals surface area contributed by atoms with Crippen LogP contribution in [0, 0.1) is 0 Å². The molecule has 0 radical (unpaired) electrons. The molecule has 3 nitrogen and oxygen atoms in total. The van der Waals surface area contributed by atoms with E-state index in [1.54, 1.807) is 6.08 Å². The number of allylic oxidation sites excluding steroid dienone is 2. The molecule has 0 unspecified atom stereocenters. The normalized spacial score (nSPS) is 13.7. The first-order chi connectivity index (χ1) is 14.7. The molecule has 148 valence electrons. The fourth-order valence-electron chi connectivity index (χ4n) is 4.20. The van der Waals surface area contributed by atoms with Crippen LogP contribution in [0.3, 0.4) is 0 Å². The molecule has 3 aromatic rings. The van der Waals surface area contributed by atoms with E-state index in [2.05, 4.69) is 48.5 Å². The van der Waals surface area contributed by atoms with Gasteiger partial charge < -0.3 is 5.73 Å². The van der Waals surface area contributed by atoms with Gasteiger partial charge in [0.2, 0.25) is 5.91 Å². The maximum absolute atomic E-state index is 12.2. The van der Waals surface area contributed by atoms with Crippen LogP contribution in [-0.4, -0.2) is 12.2 Å². The molecule has 3 heteroatoms. The number of amides is 1. The van der Waals surface area contributed by atoms with Crippen molar-refractivity contribution in [2.45, 2.75) is 19.3 Å².